The quantitative estimate of drug-likeness (QED) is 0.261. The maximum atomic E-state index is 11.3. The van der Waals surface area contributed by atoms with Crippen LogP contribution in [0.5, 0.6) is 0 Å². The monoisotopic (exact) mass is 440 g/mol. The number of hydrogen-bond acceptors (Lipinski definition) is 3. The highest BCUT2D eigenvalue weighted by Crippen LogP contribution is 2.09. The van der Waals surface area contributed by atoms with E-state index in [1.165, 1.54) is 18.9 Å². The molecule has 8 heteroatoms. The Labute approximate surface area is 150 Å². The first kappa shape index (κ1) is 21.1. The zero-order valence-corrected chi connectivity index (χ0v) is 16.1. The lowest BCUT2D eigenvalue weighted by atomic mass is 10.2. The maximum absolute atomic E-state index is 11.3. The molecule has 126 valence electrons. The van der Waals surface area contributed by atoms with E-state index in [0.29, 0.717) is 12.5 Å². The van der Waals surface area contributed by atoms with Gasteiger partial charge in [-0.3, -0.25) is 4.99 Å². The van der Waals surface area contributed by atoms with E-state index in [2.05, 4.69) is 22.5 Å². The Morgan fingerprint density at radius 3 is 2.59 bits per heavy atom. The molecule has 0 aliphatic heterocycles. The number of unbranched alkanes of at least 4 members (excludes halogenated alkanes) is 2. The van der Waals surface area contributed by atoms with Crippen LogP contribution in [0.3, 0.4) is 0 Å². The number of rotatable bonds is 7. The lowest BCUT2D eigenvalue weighted by Gasteiger charge is -2.12. The van der Waals surface area contributed by atoms with Crippen molar-refractivity contribution in [3.63, 3.8) is 0 Å². The predicted octanol–water partition coefficient (Wildman–Crippen LogP) is 1.81. The fourth-order valence-corrected chi connectivity index (χ4v) is 2.40. The molecule has 0 aliphatic rings. The summed E-state index contributed by atoms with van der Waals surface area (Å²) in [5, 5.41) is 11.5. The van der Waals surface area contributed by atoms with E-state index < -0.39 is 10.0 Å². The normalized spacial score (nSPS) is 11.7. The standard InChI is InChI=1S/C14H24N4O2S.HI/c1-3-4-5-9-17-14(16-2)18-11-12-7-6-8-13(10-12)21(15,19)20;/h6-8,10H,3-5,9,11H2,1-2H3,(H2,15,19,20)(H2,16,17,18);1H. The van der Waals surface area contributed by atoms with Crippen molar-refractivity contribution in [2.45, 2.75) is 37.6 Å². The lowest BCUT2D eigenvalue weighted by molar-refractivity contribution is 0.597. The average Bonchev–Trinajstić information content (AvgIpc) is 2.46. The predicted molar refractivity (Wildman–Crippen MR) is 101 cm³/mol. The summed E-state index contributed by atoms with van der Waals surface area (Å²) in [6.07, 6.45) is 3.45. The van der Waals surface area contributed by atoms with Crippen molar-refractivity contribution < 1.29 is 8.42 Å². The van der Waals surface area contributed by atoms with E-state index in [-0.39, 0.29) is 28.9 Å². The second-order valence-corrected chi connectivity index (χ2v) is 6.31. The Morgan fingerprint density at radius 2 is 2.00 bits per heavy atom. The molecule has 0 unspecified atom stereocenters. The van der Waals surface area contributed by atoms with E-state index >= 15 is 0 Å². The van der Waals surface area contributed by atoms with Gasteiger partial charge in [0.1, 0.15) is 0 Å². The van der Waals surface area contributed by atoms with Gasteiger partial charge in [0.15, 0.2) is 5.96 Å². The number of nitrogens with zero attached hydrogens (tertiary/aromatic N) is 1. The van der Waals surface area contributed by atoms with Gasteiger partial charge in [-0.15, -0.1) is 24.0 Å². The number of primary sulfonamides is 1. The van der Waals surface area contributed by atoms with Crippen LogP contribution in [0.2, 0.25) is 0 Å². The van der Waals surface area contributed by atoms with Crippen molar-refractivity contribution in [1.82, 2.24) is 10.6 Å². The van der Waals surface area contributed by atoms with Gasteiger partial charge in [-0.2, -0.15) is 0 Å². The molecule has 0 atom stereocenters. The Kier molecular flexibility index (Phi) is 10.4. The molecule has 0 bridgehead atoms. The molecule has 0 radical (unpaired) electrons. The van der Waals surface area contributed by atoms with Gasteiger partial charge in [-0.25, -0.2) is 13.6 Å². The summed E-state index contributed by atoms with van der Waals surface area (Å²) in [4.78, 5) is 4.24. The number of hydrogen-bond donors (Lipinski definition) is 3. The average molecular weight is 440 g/mol. The molecule has 0 fully saturated rings. The fourth-order valence-electron chi connectivity index (χ4n) is 1.82. The summed E-state index contributed by atoms with van der Waals surface area (Å²) in [5.41, 5.74) is 0.832. The third kappa shape index (κ3) is 7.95. The van der Waals surface area contributed by atoms with Crippen LogP contribution in [0.1, 0.15) is 31.7 Å². The zero-order valence-electron chi connectivity index (χ0n) is 13.0. The number of aliphatic imine (C=N–C) groups is 1. The van der Waals surface area contributed by atoms with Gasteiger partial charge < -0.3 is 10.6 Å². The second-order valence-electron chi connectivity index (χ2n) is 4.75. The van der Waals surface area contributed by atoms with E-state index in [1.807, 2.05) is 6.07 Å². The van der Waals surface area contributed by atoms with Crippen molar-refractivity contribution in [1.29, 1.82) is 0 Å². The van der Waals surface area contributed by atoms with Gasteiger partial charge in [0.05, 0.1) is 4.90 Å². The number of sulfonamides is 1. The molecule has 0 amide bonds. The van der Waals surface area contributed by atoms with Crippen molar-refractivity contribution in [3.8, 4) is 0 Å². The van der Waals surface area contributed by atoms with Crippen LogP contribution in [0, 0.1) is 0 Å². The number of nitrogens with one attached hydrogen (secondary N) is 2. The first-order valence-electron chi connectivity index (χ1n) is 7.03. The van der Waals surface area contributed by atoms with E-state index in [4.69, 9.17) is 5.14 Å². The van der Waals surface area contributed by atoms with Gasteiger partial charge in [0.25, 0.3) is 0 Å². The molecule has 4 N–H and O–H groups in total. The third-order valence-corrected chi connectivity index (χ3v) is 3.89. The first-order chi connectivity index (χ1) is 9.97. The smallest absolute Gasteiger partial charge is 0.238 e. The number of nitrogens with two attached hydrogens (primary N) is 1. The molecule has 1 rings (SSSR count). The molecule has 0 saturated carbocycles. The molecular formula is C14H25IN4O2S. The summed E-state index contributed by atoms with van der Waals surface area (Å²) >= 11 is 0. The Morgan fingerprint density at radius 1 is 1.27 bits per heavy atom. The van der Waals surface area contributed by atoms with Crippen molar-refractivity contribution in [3.05, 3.63) is 29.8 Å². The number of halogens is 1. The van der Waals surface area contributed by atoms with Crippen LogP contribution in [0.25, 0.3) is 0 Å². The van der Waals surface area contributed by atoms with Crippen molar-refractivity contribution in [2.75, 3.05) is 13.6 Å². The molecule has 0 aliphatic carbocycles. The number of guanidine groups is 1. The largest absolute Gasteiger partial charge is 0.356 e. The van der Waals surface area contributed by atoms with Gasteiger partial charge in [0, 0.05) is 20.1 Å². The van der Waals surface area contributed by atoms with Gasteiger partial charge in [-0.05, 0) is 24.1 Å². The van der Waals surface area contributed by atoms with E-state index in [1.54, 1.807) is 19.2 Å². The molecule has 0 saturated heterocycles. The highest BCUT2D eigenvalue weighted by molar-refractivity contribution is 14.0. The van der Waals surface area contributed by atoms with Crippen LogP contribution in [-0.2, 0) is 16.6 Å². The minimum Gasteiger partial charge on any atom is -0.356 e. The summed E-state index contributed by atoms with van der Waals surface area (Å²) in [7, 11) is -1.96. The summed E-state index contributed by atoms with van der Waals surface area (Å²) in [5.74, 6) is 0.701. The van der Waals surface area contributed by atoms with Crippen LogP contribution in [0.15, 0.2) is 34.2 Å². The van der Waals surface area contributed by atoms with Gasteiger partial charge >= 0.3 is 0 Å². The summed E-state index contributed by atoms with van der Waals surface area (Å²) < 4.78 is 22.6. The van der Waals surface area contributed by atoms with Gasteiger partial charge in [-0.1, -0.05) is 31.9 Å². The Hall–Kier alpha value is -0.870. The lowest BCUT2D eigenvalue weighted by Crippen LogP contribution is -2.37. The fraction of sp³-hybridized carbons (Fsp3) is 0.500. The Balaban J connectivity index is 0.00000441. The molecule has 1 aromatic carbocycles. The van der Waals surface area contributed by atoms with Gasteiger partial charge in [0.2, 0.25) is 10.0 Å². The summed E-state index contributed by atoms with van der Waals surface area (Å²) in [6.45, 7) is 3.51. The van der Waals surface area contributed by atoms with Crippen molar-refractivity contribution >= 4 is 40.0 Å². The molecule has 0 aromatic heterocycles. The molecule has 6 nitrogen and oxygen atoms in total. The SMILES string of the molecule is CCCCCNC(=NC)NCc1cccc(S(N)(=O)=O)c1.I. The van der Waals surface area contributed by atoms with Crippen LogP contribution < -0.4 is 15.8 Å². The minimum absolute atomic E-state index is 0. The van der Waals surface area contributed by atoms with E-state index in [0.717, 1.165) is 18.5 Å². The zero-order chi connectivity index (χ0) is 15.7. The molecule has 1 aromatic rings. The highest BCUT2D eigenvalue weighted by atomic mass is 127. The molecular weight excluding hydrogens is 415 g/mol. The molecule has 22 heavy (non-hydrogen) atoms. The van der Waals surface area contributed by atoms with Crippen LogP contribution >= 0.6 is 24.0 Å². The third-order valence-electron chi connectivity index (χ3n) is 2.98. The highest BCUT2D eigenvalue weighted by Gasteiger charge is 2.08. The topological polar surface area (TPSA) is 96.6 Å². The Bertz CT molecular complexity index is 576. The first-order valence-corrected chi connectivity index (χ1v) is 8.58. The van der Waals surface area contributed by atoms with Crippen LogP contribution in [0.4, 0.5) is 0 Å². The minimum atomic E-state index is -3.66. The van der Waals surface area contributed by atoms with Crippen LogP contribution in [-0.4, -0.2) is 28.0 Å². The molecule has 0 heterocycles. The second kappa shape index (κ2) is 10.8. The number of benzene rings is 1. The molecule has 0 spiro atoms. The summed E-state index contributed by atoms with van der Waals surface area (Å²) in [6, 6.07) is 6.56. The maximum Gasteiger partial charge on any atom is 0.238 e. The van der Waals surface area contributed by atoms with E-state index in [9.17, 15) is 8.42 Å². The van der Waals surface area contributed by atoms with Crippen molar-refractivity contribution in [2.24, 2.45) is 10.1 Å².